The van der Waals surface area contributed by atoms with Crippen LogP contribution >= 0.6 is 0 Å². The van der Waals surface area contributed by atoms with Crippen LogP contribution < -0.4 is 10.1 Å². The molecule has 3 aromatic carbocycles. The van der Waals surface area contributed by atoms with Gasteiger partial charge in [-0.2, -0.15) is 0 Å². The van der Waals surface area contributed by atoms with Crippen LogP contribution in [0.15, 0.2) is 66.7 Å². The topological polar surface area (TPSA) is 38.3 Å². The first-order valence-corrected chi connectivity index (χ1v) is 7.79. The minimum absolute atomic E-state index is 0.215. The smallest absolute Gasteiger partial charge is 0.261 e. The zero-order valence-electron chi connectivity index (χ0n) is 13.3. The van der Waals surface area contributed by atoms with Gasteiger partial charge in [0.05, 0.1) is 0 Å². The van der Waals surface area contributed by atoms with Gasteiger partial charge < -0.3 is 10.1 Å². The molecule has 3 rings (SSSR count). The van der Waals surface area contributed by atoms with Crippen molar-refractivity contribution in [1.82, 2.24) is 5.32 Å². The number of fused-ring (bicyclic) bond motifs is 1. The van der Waals surface area contributed by atoms with E-state index < -0.39 is 6.10 Å². The quantitative estimate of drug-likeness (QED) is 0.769. The van der Waals surface area contributed by atoms with Crippen LogP contribution in [0.5, 0.6) is 5.75 Å². The summed E-state index contributed by atoms with van der Waals surface area (Å²) in [6.07, 6.45) is -0.619. The number of amides is 1. The third-order valence-corrected chi connectivity index (χ3v) is 3.78. The lowest BCUT2D eigenvalue weighted by Crippen LogP contribution is -2.35. The minimum atomic E-state index is -0.619. The zero-order chi connectivity index (χ0) is 16.9. The molecule has 122 valence electrons. The van der Waals surface area contributed by atoms with Crippen molar-refractivity contribution in [3.05, 3.63) is 78.1 Å². The van der Waals surface area contributed by atoms with Crippen molar-refractivity contribution in [2.24, 2.45) is 0 Å². The number of carbonyl (C=O) groups excluding carboxylic acids is 1. The molecule has 3 nitrogen and oxygen atoms in total. The van der Waals surface area contributed by atoms with Gasteiger partial charge in [0.25, 0.3) is 5.91 Å². The molecule has 0 aliphatic rings. The lowest BCUT2D eigenvalue weighted by Gasteiger charge is -2.15. The van der Waals surface area contributed by atoms with Gasteiger partial charge in [0, 0.05) is 6.54 Å². The van der Waals surface area contributed by atoms with Crippen LogP contribution in [0.3, 0.4) is 0 Å². The van der Waals surface area contributed by atoms with E-state index in [2.05, 4.69) is 5.32 Å². The lowest BCUT2D eigenvalue weighted by molar-refractivity contribution is -0.127. The fraction of sp³-hybridized carbons (Fsp3) is 0.150. The first kappa shape index (κ1) is 16.0. The van der Waals surface area contributed by atoms with Gasteiger partial charge in [-0.3, -0.25) is 4.79 Å². The summed E-state index contributed by atoms with van der Waals surface area (Å²) in [5.74, 6) is 0.142. The summed E-state index contributed by atoms with van der Waals surface area (Å²) in [6, 6.07) is 19.7. The van der Waals surface area contributed by atoms with E-state index in [0.717, 1.165) is 16.3 Å². The van der Waals surface area contributed by atoms with Gasteiger partial charge in [0.1, 0.15) is 11.6 Å². The third-order valence-electron chi connectivity index (χ3n) is 3.78. The Morgan fingerprint density at radius 3 is 2.50 bits per heavy atom. The highest BCUT2D eigenvalue weighted by molar-refractivity contribution is 5.84. The van der Waals surface area contributed by atoms with Gasteiger partial charge in [0.2, 0.25) is 0 Å². The van der Waals surface area contributed by atoms with E-state index in [0.29, 0.717) is 12.3 Å². The molecule has 1 unspecified atom stereocenters. The summed E-state index contributed by atoms with van der Waals surface area (Å²) in [4.78, 5) is 12.1. The Bertz CT molecular complexity index is 846. The van der Waals surface area contributed by atoms with Gasteiger partial charge in [-0.1, -0.05) is 42.5 Å². The molecule has 0 aromatic heterocycles. The fourth-order valence-electron chi connectivity index (χ4n) is 2.43. The van der Waals surface area contributed by atoms with Crippen molar-refractivity contribution in [3.8, 4) is 5.75 Å². The molecule has 0 saturated heterocycles. The number of carbonyl (C=O) groups is 1. The number of ether oxygens (including phenoxy) is 1. The molecule has 4 heteroatoms. The normalized spacial score (nSPS) is 11.9. The lowest BCUT2D eigenvalue weighted by atomic mass is 10.1. The van der Waals surface area contributed by atoms with Crippen LogP contribution in [0.25, 0.3) is 10.8 Å². The van der Waals surface area contributed by atoms with E-state index in [9.17, 15) is 9.18 Å². The summed E-state index contributed by atoms with van der Waals surface area (Å²) in [7, 11) is 0. The molecule has 0 aliphatic carbocycles. The summed E-state index contributed by atoms with van der Waals surface area (Å²) >= 11 is 0. The molecular formula is C20H18FNO2. The maximum Gasteiger partial charge on any atom is 0.261 e. The van der Waals surface area contributed by atoms with Gasteiger partial charge in [-0.05, 0) is 47.5 Å². The van der Waals surface area contributed by atoms with E-state index in [1.807, 2.05) is 42.5 Å². The molecule has 1 N–H and O–H groups in total. The van der Waals surface area contributed by atoms with E-state index in [-0.39, 0.29) is 11.7 Å². The van der Waals surface area contributed by atoms with E-state index in [1.165, 1.54) is 12.1 Å². The largest absolute Gasteiger partial charge is 0.481 e. The van der Waals surface area contributed by atoms with Crippen LogP contribution in [0.1, 0.15) is 12.5 Å². The Hall–Kier alpha value is -2.88. The average Bonchev–Trinajstić information content (AvgIpc) is 2.61. The molecule has 3 aromatic rings. The second kappa shape index (κ2) is 7.13. The van der Waals surface area contributed by atoms with Gasteiger partial charge in [-0.15, -0.1) is 0 Å². The van der Waals surface area contributed by atoms with Crippen molar-refractivity contribution in [3.63, 3.8) is 0 Å². The van der Waals surface area contributed by atoms with Gasteiger partial charge >= 0.3 is 0 Å². The fourth-order valence-corrected chi connectivity index (χ4v) is 2.43. The monoisotopic (exact) mass is 323 g/mol. The predicted molar refractivity (Wildman–Crippen MR) is 92.3 cm³/mol. The Balaban J connectivity index is 1.59. The maximum atomic E-state index is 12.9. The van der Waals surface area contributed by atoms with Crippen LogP contribution in [0.2, 0.25) is 0 Å². The Morgan fingerprint density at radius 1 is 1.04 bits per heavy atom. The molecule has 0 aliphatic heterocycles. The second-order valence-corrected chi connectivity index (χ2v) is 5.61. The number of benzene rings is 3. The minimum Gasteiger partial charge on any atom is -0.481 e. The number of hydrogen-bond donors (Lipinski definition) is 1. The molecule has 0 radical (unpaired) electrons. The number of hydrogen-bond acceptors (Lipinski definition) is 2. The zero-order valence-corrected chi connectivity index (χ0v) is 13.3. The van der Waals surface area contributed by atoms with Crippen molar-refractivity contribution in [1.29, 1.82) is 0 Å². The standard InChI is InChI=1S/C20H18FNO2/c1-14(20(23)22-13-15-6-9-18(21)10-7-15)24-19-11-8-16-4-2-3-5-17(16)12-19/h2-12,14H,13H2,1H3,(H,22,23). The highest BCUT2D eigenvalue weighted by Gasteiger charge is 2.14. The van der Waals surface area contributed by atoms with Crippen molar-refractivity contribution in [2.45, 2.75) is 19.6 Å². The third kappa shape index (κ3) is 3.90. The number of nitrogens with one attached hydrogen (secondary N) is 1. The Morgan fingerprint density at radius 2 is 1.75 bits per heavy atom. The summed E-state index contributed by atoms with van der Waals surface area (Å²) in [5, 5.41) is 4.98. The molecule has 0 saturated carbocycles. The van der Waals surface area contributed by atoms with Crippen LogP contribution in [0.4, 0.5) is 4.39 Å². The predicted octanol–water partition coefficient (Wildman–Crippen LogP) is 4.06. The van der Waals surface area contributed by atoms with Crippen LogP contribution in [-0.2, 0) is 11.3 Å². The molecule has 24 heavy (non-hydrogen) atoms. The average molecular weight is 323 g/mol. The summed E-state index contributed by atoms with van der Waals surface area (Å²) < 4.78 is 18.6. The highest BCUT2D eigenvalue weighted by atomic mass is 19.1. The van der Waals surface area contributed by atoms with E-state index in [4.69, 9.17) is 4.74 Å². The van der Waals surface area contributed by atoms with Crippen LogP contribution in [0, 0.1) is 5.82 Å². The molecule has 0 heterocycles. The molecule has 0 spiro atoms. The first-order valence-electron chi connectivity index (χ1n) is 7.79. The molecule has 0 bridgehead atoms. The molecule has 0 fully saturated rings. The SMILES string of the molecule is CC(Oc1ccc2ccccc2c1)C(=O)NCc1ccc(F)cc1. The van der Waals surface area contributed by atoms with Gasteiger partial charge in [-0.25, -0.2) is 4.39 Å². The molecular weight excluding hydrogens is 305 g/mol. The second-order valence-electron chi connectivity index (χ2n) is 5.61. The van der Waals surface area contributed by atoms with E-state index in [1.54, 1.807) is 19.1 Å². The van der Waals surface area contributed by atoms with E-state index >= 15 is 0 Å². The first-order chi connectivity index (χ1) is 11.6. The summed E-state index contributed by atoms with van der Waals surface area (Å²) in [6.45, 7) is 2.04. The number of halogens is 1. The van der Waals surface area contributed by atoms with Crippen LogP contribution in [-0.4, -0.2) is 12.0 Å². The Kier molecular flexibility index (Phi) is 4.75. The summed E-state index contributed by atoms with van der Waals surface area (Å²) in [5.41, 5.74) is 0.836. The van der Waals surface area contributed by atoms with Crippen molar-refractivity contribution < 1.29 is 13.9 Å². The maximum absolute atomic E-state index is 12.9. The van der Waals surface area contributed by atoms with Gasteiger partial charge in [0.15, 0.2) is 6.10 Å². The number of rotatable bonds is 5. The van der Waals surface area contributed by atoms with Crippen molar-refractivity contribution >= 4 is 16.7 Å². The Labute approximate surface area is 140 Å². The highest BCUT2D eigenvalue weighted by Crippen LogP contribution is 2.21. The molecule has 1 atom stereocenters. The molecule has 1 amide bonds. The van der Waals surface area contributed by atoms with Crippen molar-refractivity contribution in [2.75, 3.05) is 0 Å².